The molecule has 0 saturated heterocycles. The molecule has 80 valence electrons. The molecular formula is C11H11F2NO. The van der Waals surface area contributed by atoms with E-state index in [1.165, 1.54) is 12.1 Å². The van der Waals surface area contributed by atoms with E-state index in [2.05, 4.69) is 10.8 Å². The Morgan fingerprint density at radius 2 is 2.20 bits per heavy atom. The standard InChI is InChI=1S/C11H11F2NO/c1-2-8(7-14)9-4-3-5-10(6-9)15-11(12)13/h3-6,8,11H,2H2,1H3. The van der Waals surface area contributed by atoms with Crippen LogP contribution < -0.4 is 4.74 Å². The molecule has 0 aromatic heterocycles. The molecule has 0 saturated carbocycles. The fourth-order valence-corrected chi connectivity index (χ4v) is 1.31. The van der Waals surface area contributed by atoms with Crippen molar-refractivity contribution >= 4 is 0 Å². The van der Waals surface area contributed by atoms with Crippen LogP contribution in [0, 0.1) is 11.3 Å². The minimum absolute atomic E-state index is 0.0937. The Hall–Kier alpha value is -1.63. The number of nitriles is 1. The normalized spacial score (nSPS) is 12.2. The van der Waals surface area contributed by atoms with E-state index in [0.29, 0.717) is 12.0 Å². The molecule has 0 fully saturated rings. The van der Waals surface area contributed by atoms with Gasteiger partial charge in [0.05, 0.1) is 12.0 Å². The molecule has 0 aliphatic heterocycles. The number of alkyl halides is 2. The second-order valence-electron chi connectivity index (χ2n) is 3.04. The van der Waals surface area contributed by atoms with Crippen LogP contribution in [0.25, 0.3) is 0 Å². The lowest BCUT2D eigenvalue weighted by Gasteiger charge is -2.09. The predicted octanol–water partition coefficient (Wildman–Crippen LogP) is 3.31. The van der Waals surface area contributed by atoms with Crippen molar-refractivity contribution < 1.29 is 13.5 Å². The maximum atomic E-state index is 11.9. The number of rotatable bonds is 4. The van der Waals surface area contributed by atoms with Crippen molar-refractivity contribution in [1.82, 2.24) is 0 Å². The minimum atomic E-state index is -2.83. The summed E-state index contributed by atoms with van der Waals surface area (Å²) >= 11 is 0. The zero-order chi connectivity index (χ0) is 11.3. The van der Waals surface area contributed by atoms with Gasteiger partial charge in [-0.1, -0.05) is 19.1 Å². The molecule has 1 aromatic carbocycles. The highest BCUT2D eigenvalue weighted by Crippen LogP contribution is 2.23. The lowest BCUT2D eigenvalue weighted by Crippen LogP contribution is -2.02. The molecule has 15 heavy (non-hydrogen) atoms. The number of hydrogen-bond donors (Lipinski definition) is 0. The van der Waals surface area contributed by atoms with Gasteiger partial charge in [0.25, 0.3) is 0 Å². The van der Waals surface area contributed by atoms with Crippen molar-refractivity contribution in [2.75, 3.05) is 0 Å². The van der Waals surface area contributed by atoms with Gasteiger partial charge in [0, 0.05) is 0 Å². The summed E-state index contributed by atoms with van der Waals surface area (Å²) in [5, 5.41) is 8.81. The summed E-state index contributed by atoms with van der Waals surface area (Å²) in [6.07, 6.45) is 0.647. The Labute approximate surface area is 87.1 Å². The van der Waals surface area contributed by atoms with Crippen LogP contribution in [0.2, 0.25) is 0 Å². The van der Waals surface area contributed by atoms with E-state index < -0.39 is 6.61 Å². The van der Waals surface area contributed by atoms with Crippen LogP contribution in [0.15, 0.2) is 24.3 Å². The first-order chi connectivity index (χ1) is 7.17. The van der Waals surface area contributed by atoms with Crippen molar-refractivity contribution in [1.29, 1.82) is 5.26 Å². The molecule has 0 radical (unpaired) electrons. The van der Waals surface area contributed by atoms with E-state index in [0.717, 1.165) is 0 Å². The molecule has 1 unspecified atom stereocenters. The maximum Gasteiger partial charge on any atom is 0.387 e. The molecule has 0 N–H and O–H groups in total. The van der Waals surface area contributed by atoms with Gasteiger partial charge in [0.2, 0.25) is 0 Å². The Morgan fingerprint density at radius 1 is 1.47 bits per heavy atom. The molecule has 0 aliphatic carbocycles. The summed E-state index contributed by atoms with van der Waals surface area (Å²) in [6, 6.07) is 8.36. The molecule has 4 heteroatoms. The fourth-order valence-electron chi connectivity index (χ4n) is 1.31. The monoisotopic (exact) mass is 211 g/mol. The van der Waals surface area contributed by atoms with Gasteiger partial charge in [-0.15, -0.1) is 0 Å². The first-order valence-corrected chi connectivity index (χ1v) is 4.61. The van der Waals surface area contributed by atoms with E-state index in [-0.39, 0.29) is 11.7 Å². The van der Waals surface area contributed by atoms with Gasteiger partial charge in [0.15, 0.2) is 0 Å². The average Bonchev–Trinajstić information content (AvgIpc) is 2.19. The molecular weight excluding hydrogens is 200 g/mol. The zero-order valence-electron chi connectivity index (χ0n) is 8.28. The molecule has 0 amide bonds. The molecule has 1 aromatic rings. The van der Waals surface area contributed by atoms with Crippen LogP contribution in [0.4, 0.5) is 8.78 Å². The van der Waals surface area contributed by atoms with Crippen LogP contribution in [0.1, 0.15) is 24.8 Å². The molecule has 0 aliphatic rings. The van der Waals surface area contributed by atoms with Gasteiger partial charge in [-0.2, -0.15) is 14.0 Å². The topological polar surface area (TPSA) is 33.0 Å². The van der Waals surface area contributed by atoms with Crippen molar-refractivity contribution in [2.45, 2.75) is 25.9 Å². The Morgan fingerprint density at radius 3 is 2.73 bits per heavy atom. The fraction of sp³-hybridized carbons (Fsp3) is 0.364. The second kappa shape index (κ2) is 5.30. The van der Waals surface area contributed by atoms with Crippen molar-refractivity contribution in [2.24, 2.45) is 0 Å². The molecule has 1 atom stereocenters. The number of hydrogen-bond acceptors (Lipinski definition) is 2. The molecule has 2 nitrogen and oxygen atoms in total. The minimum Gasteiger partial charge on any atom is -0.435 e. The van der Waals surface area contributed by atoms with Gasteiger partial charge in [-0.25, -0.2) is 0 Å². The van der Waals surface area contributed by atoms with E-state index in [1.54, 1.807) is 12.1 Å². The number of nitrogens with zero attached hydrogens (tertiary/aromatic N) is 1. The Bertz CT molecular complexity index is 360. The van der Waals surface area contributed by atoms with Gasteiger partial charge in [-0.05, 0) is 24.1 Å². The Balaban J connectivity index is 2.87. The first kappa shape index (κ1) is 11.4. The van der Waals surface area contributed by atoms with E-state index in [1.807, 2.05) is 6.92 Å². The summed E-state index contributed by atoms with van der Waals surface area (Å²) in [5.74, 6) is -0.178. The van der Waals surface area contributed by atoms with Crippen LogP contribution in [-0.4, -0.2) is 6.61 Å². The van der Waals surface area contributed by atoms with Crippen molar-refractivity contribution in [3.63, 3.8) is 0 Å². The molecule has 1 rings (SSSR count). The van der Waals surface area contributed by atoms with Gasteiger partial charge < -0.3 is 4.74 Å². The summed E-state index contributed by atoms with van der Waals surface area (Å²) in [6.45, 7) is -0.962. The number of ether oxygens (including phenoxy) is 1. The number of benzene rings is 1. The van der Waals surface area contributed by atoms with Crippen LogP contribution in [0.5, 0.6) is 5.75 Å². The summed E-state index contributed by atoms with van der Waals surface area (Å²) < 4.78 is 28.1. The van der Waals surface area contributed by atoms with Crippen molar-refractivity contribution in [3.8, 4) is 11.8 Å². The van der Waals surface area contributed by atoms with Gasteiger partial charge in [-0.3, -0.25) is 0 Å². The van der Waals surface area contributed by atoms with Crippen LogP contribution in [0.3, 0.4) is 0 Å². The highest BCUT2D eigenvalue weighted by Gasteiger charge is 2.10. The third kappa shape index (κ3) is 3.21. The number of halogens is 2. The highest BCUT2D eigenvalue weighted by molar-refractivity contribution is 5.33. The smallest absolute Gasteiger partial charge is 0.387 e. The van der Waals surface area contributed by atoms with E-state index in [4.69, 9.17) is 5.26 Å². The first-order valence-electron chi connectivity index (χ1n) is 4.61. The quantitative estimate of drug-likeness (QED) is 0.765. The average molecular weight is 211 g/mol. The second-order valence-corrected chi connectivity index (χ2v) is 3.04. The zero-order valence-corrected chi connectivity index (χ0v) is 8.28. The molecule has 0 spiro atoms. The van der Waals surface area contributed by atoms with E-state index in [9.17, 15) is 8.78 Å². The lowest BCUT2D eigenvalue weighted by molar-refractivity contribution is -0.0498. The summed E-state index contributed by atoms with van der Waals surface area (Å²) in [4.78, 5) is 0. The maximum absolute atomic E-state index is 11.9. The van der Waals surface area contributed by atoms with Crippen LogP contribution in [-0.2, 0) is 0 Å². The molecule has 0 bridgehead atoms. The van der Waals surface area contributed by atoms with Crippen molar-refractivity contribution in [3.05, 3.63) is 29.8 Å². The third-order valence-electron chi connectivity index (χ3n) is 2.05. The summed E-state index contributed by atoms with van der Waals surface area (Å²) in [7, 11) is 0. The van der Waals surface area contributed by atoms with Gasteiger partial charge >= 0.3 is 6.61 Å². The highest BCUT2D eigenvalue weighted by atomic mass is 19.3. The summed E-state index contributed by atoms with van der Waals surface area (Å²) in [5.41, 5.74) is 0.707. The lowest BCUT2D eigenvalue weighted by atomic mass is 9.98. The van der Waals surface area contributed by atoms with Gasteiger partial charge in [0.1, 0.15) is 5.75 Å². The predicted molar refractivity (Wildman–Crippen MR) is 51.7 cm³/mol. The SMILES string of the molecule is CCC(C#N)c1cccc(OC(F)F)c1. The third-order valence-corrected chi connectivity index (χ3v) is 2.05. The van der Waals surface area contributed by atoms with E-state index >= 15 is 0 Å². The molecule has 0 heterocycles. The largest absolute Gasteiger partial charge is 0.435 e. The van der Waals surface area contributed by atoms with Crippen LogP contribution >= 0.6 is 0 Å². The Kier molecular flexibility index (Phi) is 4.04.